The van der Waals surface area contributed by atoms with E-state index in [0.29, 0.717) is 12.1 Å². The highest BCUT2D eigenvalue weighted by Crippen LogP contribution is 2.21. The SMILES string of the molecule is CC(C)n1cnc(C2CCCN2)c1. The van der Waals surface area contributed by atoms with Gasteiger partial charge < -0.3 is 9.88 Å². The Bertz CT molecular complexity index is 271. The van der Waals surface area contributed by atoms with Gasteiger partial charge in [-0.2, -0.15) is 0 Å². The highest BCUT2D eigenvalue weighted by Gasteiger charge is 2.18. The lowest BCUT2D eigenvalue weighted by molar-refractivity contribution is 0.593. The average Bonchev–Trinajstić information content (AvgIpc) is 2.75. The molecular formula is C10H17N3. The Morgan fingerprint density at radius 2 is 2.46 bits per heavy atom. The summed E-state index contributed by atoms with van der Waals surface area (Å²) in [6.07, 6.45) is 6.60. The van der Waals surface area contributed by atoms with Crippen molar-refractivity contribution < 1.29 is 0 Å². The van der Waals surface area contributed by atoms with Gasteiger partial charge in [0, 0.05) is 12.2 Å². The highest BCUT2D eigenvalue weighted by molar-refractivity contribution is 5.06. The fourth-order valence-electron chi connectivity index (χ4n) is 1.75. The molecule has 1 N–H and O–H groups in total. The van der Waals surface area contributed by atoms with Gasteiger partial charge in [0.2, 0.25) is 0 Å². The van der Waals surface area contributed by atoms with Crippen LogP contribution in [0.5, 0.6) is 0 Å². The summed E-state index contributed by atoms with van der Waals surface area (Å²) in [5.74, 6) is 0. The summed E-state index contributed by atoms with van der Waals surface area (Å²) >= 11 is 0. The van der Waals surface area contributed by atoms with Crippen LogP contribution in [0.25, 0.3) is 0 Å². The average molecular weight is 179 g/mol. The number of nitrogens with one attached hydrogen (secondary N) is 1. The van der Waals surface area contributed by atoms with E-state index in [1.165, 1.54) is 18.5 Å². The molecule has 1 aliphatic heterocycles. The Kier molecular flexibility index (Phi) is 2.36. The second-order valence-electron chi connectivity index (χ2n) is 3.99. The molecule has 0 bridgehead atoms. The third kappa shape index (κ3) is 1.75. The van der Waals surface area contributed by atoms with Crippen molar-refractivity contribution in [3.8, 4) is 0 Å². The molecule has 1 aromatic rings. The molecule has 0 spiro atoms. The Labute approximate surface area is 79.2 Å². The molecule has 2 rings (SSSR count). The van der Waals surface area contributed by atoms with Crippen molar-refractivity contribution in [3.05, 3.63) is 18.2 Å². The van der Waals surface area contributed by atoms with E-state index in [1.54, 1.807) is 0 Å². The van der Waals surface area contributed by atoms with E-state index in [-0.39, 0.29) is 0 Å². The third-order valence-electron chi connectivity index (χ3n) is 2.64. The molecule has 0 radical (unpaired) electrons. The normalized spacial score (nSPS) is 22.8. The Hall–Kier alpha value is -0.830. The molecule has 1 aliphatic rings. The summed E-state index contributed by atoms with van der Waals surface area (Å²) in [6.45, 7) is 5.49. The van der Waals surface area contributed by atoms with Gasteiger partial charge in [-0.3, -0.25) is 0 Å². The molecule has 72 valence electrons. The standard InChI is InChI=1S/C10H17N3/c1-8(2)13-6-10(12-7-13)9-4-3-5-11-9/h6-9,11H,3-5H2,1-2H3. The molecule has 0 aromatic carbocycles. The van der Waals surface area contributed by atoms with Crippen molar-refractivity contribution in [2.24, 2.45) is 0 Å². The summed E-state index contributed by atoms with van der Waals surface area (Å²) in [5.41, 5.74) is 1.20. The first kappa shape index (κ1) is 8.75. The summed E-state index contributed by atoms with van der Waals surface area (Å²) in [5, 5.41) is 3.45. The van der Waals surface area contributed by atoms with E-state index < -0.39 is 0 Å². The van der Waals surface area contributed by atoms with Crippen LogP contribution in [0.2, 0.25) is 0 Å². The quantitative estimate of drug-likeness (QED) is 0.751. The number of hydrogen-bond acceptors (Lipinski definition) is 2. The van der Waals surface area contributed by atoms with Gasteiger partial charge >= 0.3 is 0 Å². The maximum atomic E-state index is 4.42. The van der Waals surface area contributed by atoms with Gasteiger partial charge in [-0.05, 0) is 33.2 Å². The smallest absolute Gasteiger partial charge is 0.0952 e. The highest BCUT2D eigenvalue weighted by atomic mass is 15.1. The molecule has 0 saturated carbocycles. The molecule has 0 aliphatic carbocycles. The van der Waals surface area contributed by atoms with Gasteiger partial charge in [-0.1, -0.05) is 0 Å². The number of nitrogens with zero attached hydrogens (tertiary/aromatic N) is 2. The second kappa shape index (κ2) is 3.50. The van der Waals surface area contributed by atoms with Crippen molar-refractivity contribution in [1.82, 2.24) is 14.9 Å². The van der Waals surface area contributed by atoms with Crippen LogP contribution in [-0.4, -0.2) is 16.1 Å². The molecular weight excluding hydrogens is 162 g/mol. The van der Waals surface area contributed by atoms with E-state index >= 15 is 0 Å². The van der Waals surface area contributed by atoms with Crippen LogP contribution in [0.15, 0.2) is 12.5 Å². The zero-order chi connectivity index (χ0) is 9.26. The van der Waals surface area contributed by atoms with Crippen LogP contribution in [0, 0.1) is 0 Å². The van der Waals surface area contributed by atoms with Crippen molar-refractivity contribution in [3.63, 3.8) is 0 Å². The minimum atomic E-state index is 0.500. The minimum Gasteiger partial charge on any atom is -0.335 e. The van der Waals surface area contributed by atoms with Crippen molar-refractivity contribution in [1.29, 1.82) is 0 Å². The van der Waals surface area contributed by atoms with E-state index in [2.05, 4.69) is 34.9 Å². The first-order valence-corrected chi connectivity index (χ1v) is 5.04. The molecule has 3 nitrogen and oxygen atoms in total. The van der Waals surface area contributed by atoms with E-state index in [9.17, 15) is 0 Å². The molecule has 13 heavy (non-hydrogen) atoms. The van der Waals surface area contributed by atoms with Gasteiger partial charge in [-0.15, -0.1) is 0 Å². The van der Waals surface area contributed by atoms with Gasteiger partial charge in [-0.25, -0.2) is 4.98 Å². The van der Waals surface area contributed by atoms with Crippen LogP contribution >= 0.6 is 0 Å². The molecule has 1 fully saturated rings. The molecule has 3 heteroatoms. The first-order chi connectivity index (χ1) is 6.27. The van der Waals surface area contributed by atoms with Gasteiger partial charge in [0.25, 0.3) is 0 Å². The number of imidazole rings is 1. The number of hydrogen-bond donors (Lipinski definition) is 1. The van der Waals surface area contributed by atoms with Crippen LogP contribution < -0.4 is 5.32 Å². The lowest BCUT2D eigenvalue weighted by atomic mass is 10.2. The van der Waals surface area contributed by atoms with Crippen LogP contribution in [0.3, 0.4) is 0 Å². The van der Waals surface area contributed by atoms with Gasteiger partial charge in [0.05, 0.1) is 18.1 Å². The number of aromatic nitrogens is 2. The molecule has 0 amide bonds. The van der Waals surface area contributed by atoms with E-state index in [1.807, 2.05) is 6.33 Å². The second-order valence-corrected chi connectivity index (χ2v) is 3.99. The van der Waals surface area contributed by atoms with Crippen molar-refractivity contribution >= 4 is 0 Å². The maximum absolute atomic E-state index is 4.42. The Morgan fingerprint density at radius 3 is 3.00 bits per heavy atom. The molecule has 1 unspecified atom stereocenters. The monoisotopic (exact) mass is 179 g/mol. The van der Waals surface area contributed by atoms with E-state index in [0.717, 1.165) is 6.54 Å². The van der Waals surface area contributed by atoms with Crippen LogP contribution in [-0.2, 0) is 0 Å². The zero-order valence-corrected chi connectivity index (χ0v) is 8.33. The lowest BCUT2D eigenvalue weighted by Gasteiger charge is -2.06. The van der Waals surface area contributed by atoms with E-state index in [4.69, 9.17) is 0 Å². The molecule has 1 atom stereocenters. The Balaban J connectivity index is 2.12. The zero-order valence-electron chi connectivity index (χ0n) is 8.33. The predicted molar refractivity (Wildman–Crippen MR) is 52.6 cm³/mol. The first-order valence-electron chi connectivity index (χ1n) is 5.04. The van der Waals surface area contributed by atoms with Gasteiger partial charge in [0.1, 0.15) is 0 Å². The Morgan fingerprint density at radius 1 is 1.62 bits per heavy atom. The third-order valence-corrected chi connectivity index (χ3v) is 2.64. The summed E-state index contributed by atoms with van der Waals surface area (Å²) in [4.78, 5) is 4.42. The lowest BCUT2D eigenvalue weighted by Crippen LogP contribution is -2.13. The maximum Gasteiger partial charge on any atom is 0.0952 e. The largest absolute Gasteiger partial charge is 0.335 e. The van der Waals surface area contributed by atoms with Gasteiger partial charge in [0.15, 0.2) is 0 Å². The topological polar surface area (TPSA) is 29.9 Å². The molecule has 2 heterocycles. The fourth-order valence-corrected chi connectivity index (χ4v) is 1.75. The van der Waals surface area contributed by atoms with Crippen LogP contribution in [0.1, 0.15) is 44.5 Å². The molecule has 1 aromatic heterocycles. The summed E-state index contributed by atoms with van der Waals surface area (Å²) in [6, 6.07) is 1.02. The summed E-state index contributed by atoms with van der Waals surface area (Å²) in [7, 11) is 0. The number of rotatable bonds is 2. The van der Waals surface area contributed by atoms with Crippen molar-refractivity contribution in [2.45, 2.75) is 38.8 Å². The predicted octanol–water partition coefficient (Wildman–Crippen LogP) is 1.89. The van der Waals surface area contributed by atoms with Crippen molar-refractivity contribution in [2.75, 3.05) is 6.54 Å². The minimum absolute atomic E-state index is 0.500. The summed E-state index contributed by atoms with van der Waals surface area (Å²) < 4.78 is 2.16. The fraction of sp³-hybridized carbons (Fsp3) is 0.700. The molecule has 1 saturated heterocycles. The van der Waals surface area contributed by atoms with Crippen LogP contribution in [0.4, 0.5) is 0 Å².